The van der Waals surface area contributed by atoms with Crippen LogP contribution in [-0.2, 0) is 6.42 Å². The molecule has 0 aliphatic carbocycles. The SMILES string of the molecule is C/C(=C/N(C)c1ccc(CC(c2ccccc2)c2ccccc2)cc1)c1ccccc1. The van der Waals surface area contributed by atoms with Crippen molar-refractivity contribution in [2.24, 2.45) is 0 Å². The van der Waals surface area contributed by atoms with Gasteiger partial charge in [0.25, 0.3) is 0 Å². The minimum atomic E-state index is 0.353. The van der Waals surface area contributed by atoms with Gasteiger partial charge >= 0.3 is 0 Å². The van der Waals surface area contributed by atoms with Crippen LogP contribution in [0.15, 0.2) is 121 Å². The van der Waals surface area contributed by atoms with Crippen molar-refractivity contribution >= 4 is 11.3 Å². The molecule has 0 saturated heterocycles. The molecule has 0 unspecified atom stereocenters. The zero-order valence-electron chi connectivity index (χ0n) is 18.3. The van der Waals surface area contributed by atoms with E-state index in [1.807, 2.05) is 0 Å². The molecule has 0 saturated carbocycles. The number of rotatable bonds is 7. The third kappa shape index (κ3) is 5.32. The maximum atomic E-state index is 2.26. The van der Waals surface area contributed by atoms with Crippen molar-refractivity contribution in [3.05, 3.63) is 144 Å². The maximum absolute atomic E-state index is 2.26. The van der Waals surface area contributed by atoms with Gasteiger partial charge in [-0.25, -0.2) is 0 Å². The zero-order chi connectivity index (χ0) is 21.5. The molecule has 4 aromatic rings. The number of anilines is 1. The lowest BCUT2D eigenvalue weighted by molar-refractivity contribution is 0.805. The summed E-state index contributed by atoms with van der Waals surface area (Å²) in [4.78, 5) is 2.19. The monoisotopic (exact) mass is 403 g/mol. The highest BCUT2D eigenvalue weighted by Gasteiger charge is 2.14. The van der Waals surface area contributed by atoms with Gasteiger partial charge in [0.1, 0.15) is 0 Å². The fraction of sp³-hybridized carbons (Fsp3) is 0.133. The quantitative estimate of drug-likeness (QED) is 0.308. The van der Waals surface area contributed by atoms with E-state index in [0.717, 1.165) is 6.42 Å². The van der Waals surface area contributed by atoms with E-state index >= 15 is 0 Å². The Kier molecular flexibility index (Phi) is 6.64. The minimum absolute atomic E-state index is 0.353. The van der Waals surface area contributed by atoms with E-state index in [-0.39, 0.29) is 0 Å². The molecule has 0 radical (unpaired) electrons. The van der Waals surface area contributed by atoms with Crippen LogP contribution in [-0.4, -0.2) is 7.05 Å². The molecule has 0 bridgehead atoms. The van der Waals surface area contributed by atoms with Crippen LogP contribution in [0.5, 0.6) is 0 Å². The summed E-state index contributed by atoms with van der Waals surface area (Å²) in [5.74, 6) is 0.353. The normalized spacial score (nSPS) is 11.5. The van der Waals surface area contributed by atoms with E-state index in [9.17, 15) is 0 Å². The van der Waals surface area contributed by atoms with Gasteiger partial charge in [-0.05, 0) is 53.3 Å². The van der Waals surface area contributed by atoms with Crippen LogP contribution in [0, 0.1) is 0 Å². The molecule has 31 heavy (non-hydrogen) atoms. The molecule has 0 heterocycles. The summed E-state index contributed by atoms with van der Waals surface area (Å²) in [6.45, 7) is 2.16. The van der Waals surface area contributed by atoms with Gasteiger partial charge in [0, 0.05) is 24.9 Å². The summed E-state index contributed by atoms with van der Waals surface area (Å²) in [6, 6.07) is 41.1. The van der Waals surface area contributed by atoms with E-state index < -0.39 is 0 Å². The highest BCUT2D eigenvalue weighted by molar-refractivity contribution is 5.67. The van der Waals surface area contributed by atoms with E-state index in [1.54, 1.807) is 0 Å². The van der Waals surface area contributed by atoms with Crippen molar-refractivity contribution in [1.29, 1.82) is 0 Å². The molecule has 1 heteroatoms. The van der Waals surface area contributed by atoms with Crippen LogP contribution in [0.3, 0.4) is 0 Å². The Bertz CT molecular complexity index is 1060. The molecule has 4 aromatic carbocycles. The first-order valence-corrected chi connectivity index (χ1v) is 10.9. The fourth-order valence-corrected chi connectivity index (χ4v) is 4.04. The Morgan fingerprint density at radius 1 is 0.677 bits per heavy atom. The minimum Gasteiger partial charge on any atom is -0.351 e. The van der Waals surface area contributed by atoms with Gasteiger partial charge in [-0.15, -0.1) is 0 Å². The van der Waals surface area contributed by atoms with E-state index in [0.29, 0.717) is 5.92 Å². The van der Waals surface area contributed by atoms with Crippen LogP contribution in [0.25, 0.3) is 5.57 Å². The molecule has 0 aromatic heterocycles. The van der Waals surface area contributed by atoms with Gasteiger partial charge in [-0.1, -0.05) is 103 Å². The molecule has 0 atom stereocenters. The lowest BCUT2D eigenvalue weighted by atomic mass is 9.86. The van der Waals surface area contributed by atoms with E-state index in [1.165, 1.54) is 33.5 Å². The summed E-state index contributed by atoms with van der Waals surface area (Å²) in [5, 5.41) is 0. The zero-order valence-corrected chi connectivity index (χ0v) is 18.3. The van der Waals surface area contributed by atoms with E-state index in [2.05, 4.69) is 140 Å². The van der Waals surface area contributed by atoms with Gasteiger partial charge < -0.3 is 4.90 Å². The van der Waals surface area contributed by atoms with Gasteiger partial charge in [0.2, 0.25) is 0 Å². The molecule has 0 fully saturated rings. The van der Waals surface area contributed by atoms with Gasteiger partial charge in [0.15, 0.2) is 0 Å². The Labute approximate surface area is 186 Å². The van der Waals surface area contributed by atoms with Crippen molar-refractivity contribution in [3.63, 3.8) is 0 Å². The standard InChI is InChI=1S/C30H29N/c1-24(26-12-6-3-7-13-26)23-31(2)29-20-18-25(19-21-29)22-30(27-14-8-4-9-15-27)28-16-10-5-11-17-28/h3-21,23,30H,22H2,1-2H3/b24-23-. The Balaban J connectivity index is 1.53. The molecule has 0 aliphatic rings. The van der Waals surface area contributed by atoms with Crippen molar-refractivity contribution in [2.45, 2.75) is 19.3 Å². The van der Waals surface area contributed by atoms with Crippen molar-refractivity contribution < 1.29 is 0 Å². The number of hydrogen-bond acceptors (Lipinski definition) is 1. The number of benzene rings is 4. The first-order valence-electron chi connectivity index (χ1n) is 10.9. The summed E-state index contributed by atoms with van der Waals surface area (Å²) in [7, 11) is 2.11. The molecule has 0 spiro atoms. The van der Waals surface area contributed by atoms with Gasteiger partial charge in [-0.3, -0.25) is 0 Å². The molecule has 1 nitrogen and oxygen atoms in total. The average molecular weight is 404 g/mol. The lowest BCUT2D eigenvalue weighted by Gasteiger charge is -2.20. The largest absolute Gasteiger partial charge is 0.351 e. The summed E-state index contributed by atoms with van der Waals surface area (Å²) < 4.78 is 0. The predicted molar refractivity (Wildman–Crippen MR) is 133 cm³/mol. The third-order valence-electron chi connectivity index (χ3n) is 5.80. The van der Waals surface area contributed by atoms with Crippen molar-refractivity contribution in [3.8, 4) is 0 Å². The second-order valence-corrected chi connectivity index (χ2v) is 8.03. The third-order valence-corrected chi connectivity index (χ3v) is 5.80. The molecule has 154 valence electrons. The van der Waals surface area contributed by atoms with Crippen molar-refractivity contribution in [2.75, 3.05) is 11.9 Å². The second-order valence-electron chi connectivity index (χ2n) is 8.03. The van der Waals surface area contributed by atoms with Crippen molar-refractivity contribution in [1.82, 2.24) is 0 Å². The summed E-state index contributed by atoms with van der Waals surface area (Å²) >= 11 is 0. The average Bonchev–Trinajstić information content (AvgIpc) is 2.84. The van der Waals surface area contributed by atoms with Gasteiger partial charge in [-0.2, -0.15) is 0 Å². The molecular weight excluding hydrogens is 374 g/mol. The van der Waals surface area contributed by atoms with Crippen LogP contribution in [0.2, 0.25) is 0 Å². The molecule has 4 rings (SSSR count). The first-order chi connectivity index (χ1) is 15.2. The fourth-order valence-electron chi connectivity index (χ4n) is 4.04. The number of nitrogens with zero attached hydrogens (tertiary/aromatic N) is 1. The second kappa shape index (κ2) is 9.95. The Morgan fingerprint density at radius 3 is 1.68 bits per heavy atom. The highest BCUT2D eigenvalue weighted by Crippen LogP contribution is 2.29. The van der Waals surface area contributed by atoms with E-state index in [4.69, 9.17) is 0 Å². The first kappa shape index (κ1) is 20.7. The molecule has 0 amide bonds. The topological polar surface area (TPSA) is 3.24 Å². The van der Waals surface area contributed by atoms with Crippen LogP contribution < -0.4 is 4.90 Å². The number of hydrogen-bond donors (Lipinski definition) is 0. The highest BCUT2D eigenvalue weighted by atomic mass is 15.1. The molecule has 0 aliphatic heterocycles. The van der Waals surface area contributed by atoms with Crippen LogP contribution in [0.1, 0.15) is 35.1 Å². The molecular formula is C30H29N. The Hall–Kier alpha value is -3.58. The van der Waals surface area contributed by atoms with Gasteiger partial charge in [0.05, 0.1) is 0 Å². The smallest absolute Gasteiger partial charge is 0.0403 e. The van der Waals surface area contributed by atoms with Crippen LogP contribution in [0.4, 0.5) is 5.69 Å². The number of allylic oxidation sites excluding steroid dienone is 1. The summed E-state index contributed by atoms with van der Waals surface area (Å²) in [5.41, 5.74) is 7.75. The maximum Gasteiger partial charge on any atom is 0.0403 e. The van der Waals surface area contributed by atoms with Crippen LogP contribution >= 0.6 is 0 Å². The predicted octanol–water partition coefficient (Wildman–Crippen LogP) is 7.56. The Morgan fingerprint density at radius 2 is 1.16 bits per heavy atom. The lowest BCUT2D eigenvalue weighted by Crippen LogP contribution is -2.09. The molecule has 0 N–H and O–H groups in total. The summed E-state index contributed by atoms with van der Waals surface area (Å²) in [6.07, 6.45) is 3.18.